The third-order valence-corrected chi connectivity index (χ3v) is 4.40. The average molecular weight is 285 g/mol. The summed E-state index contributed by atoms with van der Waals surface area (Å²) in [4.78, 5) is 8.64. The van der Waals surface area contributed by atoms with E-state index in [1.165, 1.54) is 0 Å². The van der Waals surface area contributed by atoms with Crippen molar-refractivity contribution in [3.63, 3.8) is 0 Å². The highest BCUT2D eigenvalue weighted by atomic mass is 16.7. The van der Waals surface area contributed by atoms with Gasteiger partial charge in [0.15, 0.2) is 5.79 Å². The molecule has 1 aliphatic heterocycles. The molecule has 4 rings (SSSR count). The summed E-state index contributed by atoms with van der Waals surface area (Å²) in [7, 11) is 0. The van der Waals surface area contributed by atoms with Crippen molar-refractivity contribution in [3.05, 3.63) is 30.6 Å². The normalized spacial score (nSPS) is 21.9. The van der Waals surface area contributed by atoms with Crippen molar-refractivity contribution < 1.29 is 9.47 Å². The van der Waals surface area contributed by atoms with Crippen LogP contribution in [0.5, 0.6) is 0 Å². The minimum absolute atomic E-state index is 0.285. The first-order valence-corrected chi connectivity index (χ1v) is 7.58. The quantitative estimate of drug-likeness (QED) is 0.919. The van der Waals surface area contributed by atoms with Crippen molar-refractivity contribution in [2.75, 3.05) is 18.5 Å². The van der Waals surface area contributed by atoms with Gasteiger partial charge in [-0.3, -0.25) is 9.97 Å². The van der Waals surface area contributed by atoms with Crippen molar-refractivity contribution >= 4 is 16.7 Å². The first kappa shape index (κ1) is 13.0. The molecule has 2 fully saturated rings. The summed E-state index contributed by atoms with van der Waals surface area (Å²) in [6, 6.07) is 6.62. The van der Waals surface area contributed by atoms with Gasteiger partial charge in [0.2, 0.25) is 0 Å². The largest absolute Gasteiger partial charge is 0.382 e. The van der Waals surface area contributed by atoms with Gasteiger partial charge in [-0.25, -0.2) is 0 Å². The molecular formula is C16H19N3O2. The van der Waals surface area contributed by atoms with Crippen molar-refractivity contribution in [1.82, 2.24) is 9.97 Å². The van der Waals surface area contributed by atoms with E-state index in [2.05, 4.69) is 27.4 Å². The molecule has 5 nitrogen and oxygen atoms in total. The summed E-state index contributed by atoms with van der Waals surface area (Å²) in [5, 5.41) is 3.60. The molecule has 1 spiro atoms. The number of benzene rings is 1. The maximum atomic E-state index is 5.77. The molecule has 0 atom stereocenters. The molecule has 21 heavy (non-hydrogen) atoms. The van der Waals surface area contributed by atoms with Gasteiger partial charge in [0.05, 0.1) is 24.2 Å². The Labute approximate surface area is 123 Å². The zero-order chi connectivity index (χ0) is 14.1. The minimum atomic E-state index is -0.285. The molecule has 5 heteroatoms. The molecule has 0 radical (unpaired) electrons. The standard InChI is InChI=1S/C16H19N3O2/c1-2-14-15(18-8-7-17-14)11-13(1)19-12-3-5-16(6-4-12)20-9-10-21-16/h1-2,7-8,11-12,19H,3-6,9-10H2. The maximum absolute atomic E-state index is 5.77. The number of anilines is 1. The van der Waals surface area contributed by atoms with Crippen molar-refractivity contribution in [3.8, 4) is 0 Å². The fourth-order valence-corrected chi connectivity index (χ4v) is 3.28. The minimum Gasteiger partial charge on any atom is -0.382 e. The van der Waals surface area contributed by atoms with E-state index in [9.17, 15) is 0 Å². The number of fused-ring (bicyclic) bond motifs is 1. The Morgan fingerprint density at radius 3 is 2.48 bits per heavy atom. The first-order chi connectivity index (χ1) is 10.3. The summed E-state index contributed by atoms with van der Waals surface area (Å²) < 4.78 is 11.5. The lowest BCUT2D eigenvalue weighted by molar-refractivity contribution is -0.177. The summed E-state index contributed by atoms with van der Waals surface area (Å²) in [6.45, 7) is 1.48. The van der Waals surface area contributed by atoms with Gasteiger partial charge >= 0.3 is 0 Å². The van der Waals surface area contributed by atoms with Gasteiger partial charge in [-0.05, 0) is 31.0 Å². The number of nitrogens with one attached hydrogen (secondary N) is 1. The van der Waals surface area contributed by atoms with Crippen LogP contribution < -0.4 is 5.32 Å². The molecule has 2 heterocycles. The molecule has 0 amide bonds. The fraction of sp³-hybridized carbons (Fsp3) is 0.500. The number of nitrogens with zero attached hydrogens (tertiary/aromatic N) is 2. The Balaban J connectivity index is 1.43. The summed E-state index contributed by atoms with van der Waals surface area (Å²) >= 11 is 0. The summed E-state index contributed by atoms with van der Waals surface area (Å²) in [5.74, 6) is -0.285. The van der Waals surface area contributed by atoms with Gasteiger partial charge in [-0.15, -0.1) is 0 Å². The number of hydrogen-bond donors (Lipinski definition) is 1. The van der Waals surface area contributed by atoms with Crippen molar-refractivity contribution in [2.24, 2.45) is 0 Å². The molecule has 1 aromatic heterocycles. The second-order valence-electron chi connectivity index (χ2n) is 5.79. The van der Waals surface area contributed by atoms with E-state index < -0.39 is 0 Å². The molecule has 1 saturated heterocycles. The second-order valence-corrected chi connectivity index (χ2v) is 5.79. The molecule has 1 aliphatic carbocycles. The Morgan fingerprint density at radius 1 is 1.00 bits per heavy atom. The molecule has 2 aliphatic rings. The topological polar surface area (TPSA) is 56.3 Å². The van der Waals surface area contributed by atoms with Gasteiger partial charge < -0.3 is 14.8 Å². The van der Waals surface area contributed by atoms with Gasteiger partial charge in [-0.2, -0.15) is 0 Å². The Bertz CT molecular complexity index is 630. The second kappa shape index (κ2) is 5.24. The van der Waals surface area contributed by atoms with Crippen LogP contribution >= 0.6 is 0 Å². The monoisotopic (exact) mass is 285 g/mol. The van der Waals surface area contributed by atoms with Crippen LogP contribution in [0.2, 0.25) is 0 Å². The van der Waals surface area contributed by atoms with Crippen LogP contribution in [-0.4, -0.2) is 35.0 Å². The zero-order valence-corrected chi connectivity index (χ0v) is 11.9. The fourth-order valence-electron chi connectivity index (χ4n) is 3.28. The smallest absolute Gasteiger partial charge is 0.168 e. The van der Waals surface area contributed by atoms with E-state index in [4.69, 9.17) is 9.47 Å². The molecular weight excluding hydrogens is 266 g/mol. The van der Waals surface area contributed by atoms with Crippen molar-refractivity contribution in [1.29, 1.82) is 0 Å². The summed E-state index contributed by atoms with van der Waals surface area (Å²) in [5.41, 5.74) is 2.97. The molecule has 110 valence electrons. The molecule has 2 aromatic rings. The van der Waals surface area contributed by atoms with Gasteiger partial charge in [-0.1, -0.05) is 0 Å². The van der Waals surface area contributed by atoms with E-state index >= 15 is 0 Å². The predicted molar refractivity (Wildman–Crippen MR) is 80.1 cm³/mol. The summed E-state index contributed by atoms with van der Waals surface area (Å²) in [6.07, 6.45) is 7.52. The molecule has 1 aromatic carbocycles. The van der Waals surface area contributed by atoms with E-state index in [0.29, 0.717) is 6.04 Å². The predicted octanol–water partition coefficient (Wildman–Crippen LogP) is 2.73. The van der Waals surface area contributed by atoms with Crippen LogP contribution in [0.1, 0.15) is 25.7 Å². The number of hydrogen-bond acceptors (Lipinski definition) is 5. The van der Waals surface area contributed by atoms with Crippen LogP contribution in [0.4, 0.5) is 5.69 Å². The number of rotatable bonds is 2. The Morgan fingerprint density at radius 2 is 1.71 bits per heavy atom. The van der Waals surface area contributed by atoms with E-state index in [-0.39, 0.29) is 5.79 Å². The van der Waals surface area contributed by atoms with Crippen LogP contribution in [0, 0.1) is 0 Å². The van der Waals surface area contributed by atoms with Crippen LogP contribution in [-0.2, 0) is 9.47 Å². The lowest BCUT2D eigenvalue weighted by Crippen LogP contribution is -2.39. The molecule has 1 N–H and O–H groups in total. The van der Waals surface area contributed by atoms with Gasteiger partial charge in [0.25, 0.3) is 0 Å². The highest BCUT2D eigenvalue weighted by Gasteiger charge is 2.40. The molecule has 0 unspecified atom stereocenters. The SMILES string of the molecule is c1cnc2cc(NC3CCC4(CC3)OCCO4)ccc2n1. The van der Waals surface area contributed by atoms with E-state index in [1.54, 1.807) is 12.4 Å². The lowest BCUT2D eigenvalue weighted by atomic mass is 9.90. The van der Waals surface area contributed by atoms with Crippen LogP contribution in [0.25, 0.3) is 11.0 Å². The number of aromatic nitrogens is 2. The Hall–Kier alpha value is -1.72. The third-order valence-electron chi connectivity index (χ3n) is 4.40. The third kappa shape index (κ3) is 2.59. The lowest BCUT2D eigenvalue weighted by Gasteiger charge is -2.36. The average Bonchev–Trinajstić information content (AvgIpc) is 2.98. The molecule has 1 saturated carbocycles. The van der Waals surface area contributed by atoms with E-state index in [0.717, 1.165) is 55.6 Å². The first-order valence-electron chi connectivity index (χ1n) is 7.58. The van der Waals surface area contributed by atoms with Crippen molar-refractivity contribution in [2.45, 2.75) is 37.5 Å². The zero-order valence-electron chi connectivity index (χ0n) is 11.9. The molecule has 0 bridgehead atoms. The maximum Gasteiger partial charge on any atom is 0.168 e. The number of ether oxygens (including phenoxy) is 2. The highest BCUT2D eigenvalue weighted by molar-refractivity contribution is 5.78. The van der Waals surface area contributed by atoms with Crippen LogP contribution in [0.15, 0.2) is 30.6 Å². The van der Waals surface area contributed by atoms with Gasteiger partial charge in [0, 0.05) is 37.0 Å². The Kier molecular flexibility index (Phi) is 3.24. The van der Waals surface area contributed by atoms with E-state index in [1.807, 2.05) is 6.07 Å². The van der Waals surface area contributed by atoms with Gasteiger partial charge in [0.1, 0.15) is 0 Å². The van der Waals surface area contributed by atoms with Crippen LogP contribution in [0.3, 0.4) is 0 Å². The highest BCUT2D eigenvalue weighted by Crippen LogP contribution is 2.36.